The maximum atomic E-state index is 14.0. The predicted molar refractivity (Wildman–Crippen MR) is 191 cm³/mol. The van der Waals surface area contributed by atoms with Crippen molar-refractivity contribution >= 4 is 11.6 Å². The van der Waals surface area contributed by atoms with E-state index < -0.39 is 89.6 Å². The monoisotopic (exact) mass is 725 g/mol. The first-order valence-electron chi connectivity index (χ1n) is 17.6. The van der Waals surface area contributed by atoms with Crippen LogP contribution in [0.15, 0.2) is 78.9 Å². The van der Waals surface area contributed by atoms with Crippen molar-refractivity contribution in [1.82, 2.24) is 4.90 Å². The maximum Gasteiger partial charge on any atom is 0.202 e. The summed E-state index contributed by atoms with van der Waals surface area (Å²) in [4.78, 5) is 30.0. The Hall–Kier alpha value is -4.66. The number of ether oxygens (including phenoxy) is 3. The highest BCUT2D eigenvalue weighted by Gasteiger charge is 2.50. The van der Waals surface area contributed by atoms with Gasteiger partial charge in [-0.25, -0.2) is 0 Å². The second-order valence-corrected chi connectivity index (χ2v) is 14.1. The highest BCUT2D eigenvalue weighted by atomic mass is 16.7. The number of ketones is 2. The summed E-state index contributed by atoms with van der Waals surface area (Å²) in [7, 11) is 1.35. The topological polar surface area (TPSA) is 186 Å². The van der Waals surface area contributed by atoms with Gasteiger partial charge in [-0.05, 0) is 24.1 Å². The summed E-state index contributed by atoms with van der Waals surface area (Å²) in [6.45, 7) is 1.87. The number of aliphatic hydroxyl groups excluding tert-OH is 3. The average molecular weight is 726 g/mol. The Balaban J connectivity index is 1.28. The van der Waals surface area contributed by atoms with Gasteiger partial charge in [-0.1, -0.05) is 72.8 Å². The lowest BCUT2D eigenvalue weighted by Gasteiger charge is -2.46. The zero-order chi connectivity index (χ0) is 37.6. The Kier molecular flexibility index (Phi) is 10.1. The van der Waals surface area contributed by atoms with Crippen LogP contribution in [0.3, 0.4) is 0 Å². The summed E-state index contributed by atoms with van der Waals surface area (Å²) in [5, 5.41) is 67.7. The average Bonchev–Trinajstić information content (AvgIpc) is 3.16. The van der Waals surface area contributed by atoms with E-state index in [1.807, 2.05) is 60.7 Å². The minimum atomic E-state index is -2.08. The Labute approximate surface area is 306 Å². The number of methoxy groups -OCH3 is 1. The predicted octanol–water partition coefficient (Wildman–Crippen LogP) is 3.54. The number of benzene rings is 4. The summed E-state index contributed by atoms with van der Waals surface area (Å²) in [5.41, 5.74) is -1.19. The highest BCUT2D eigenvalue weighted by molar-refractivity contribution is 6.31. The lowest BCUT2D eigenvalue weighted by atomic mass is 9.71. The van der Waals surface area contributed by atoms with Gasteiger partial charge < -0.3 is 44.8 Å². The van der Waals surface area contributed by atoms with Crippen molar-refractivity contribution in [3.63, 3.8) is 0 Å². The van der Waals surface area contributed by atoms with E-state index >= 15 is 0 Å². The van der Waals surface area contributed by atoms with Gasteiger partial charge in [0.15, 0.2) is 12.1 Å². The first kappa shape index (κ1) is 36.7. The molecule has 6 N–H and O–H groups in total. The molecule has 0 amide bonds. The smallest absolute Gasteiger partial charge is 0.202 e. The molecule has 0 aromatic heterocycles. The SMILES string of the molecule is COc1cccc2c1C(=O)c1c(O)c3c(c(O)c1C2=O)C[C@@](O)([C@H](O)CO)C[C@H]3O[C@H]1C[C@@H](N(Cc2ccccc2)Cc2ccccc2)[C@H](O)[C@H](C)O1. The molecule has 1 saturated heterocycles. The van der Waals surface area contributed by atoms with Crippen LogP contribution in [0.25, 0.3) is 0 Å². The molecule has 3 aliphatic rings. The third kappa shape index (κ3) is 6.61. The molecule has 1 aliphatic heterocycles. The lowest BCUT2D eigenvalue weighted by molar-refractivity contribution is -0.263. The molecule has 0 saturated carbocycles. The van der Waals surface area contributed by atoms with E-state index in [1.165, 1.54) is 25.3 Å². The van der Waals surface area contributed by atoms with Crippen molar-refractivity contribution in [1.29, 1.82) is 0 Å². The van der Waals surface area contributed by atoms with Gasteiger partial charge >= 0.3 is 0 Å². The number of rotatable bonds is 10. The first-order valence-corrected chi connectivity index (χ1v) is 17.6. The second kappa shape index (κ2) is 14.6. The molecule has 53 heavy (non-hydrogen) atoms. The molecular weight excluding hydrogens is 682 g/mol. The third-order valence-corrected chi connectivity index (χ3v) is 10.8. The summed E-state index contributed by atoms with van der Waals surface area (Å²) in [5.74, 6) is -2.65. The van der Waals surface area contributed by atoms with E-state index in [0.29, 0.717) is 13.1 Å². The number of aromatic hydroxyl groups is 2. The summed E-state index contributed by atoms with van der Waals surface area (Å²) >= 11 is 0. The molecule has 0 bridgehead atoms. The highest BCUT2D eigenvalue weighted by Crippen LogP contribution is 2.53. The van der Waals surface area contributed by atoms with Gasteiger partial charge in [-0.3, -0.25) is 14.5 Å². The molecular formula is C41H43NO11. The van der Waals surface area contributed by atoms with Crippen LogP contribution in [0.2, 0.25) is 0 Å². The van der Waals surface area contributed by atoms with Crippen LogP contribution in [-0.4, -0.2) is 97.1 Å². The molecule has 1 fully saturated rings. The van der Waals surface area contributed by atoms with Crippen LogP contribution in [0.5, 0.6) is 17.2 Å². The van der Waals surface area contributed by atoms with Gasteiger partial charge in [0.1, 0.15) is 23.4 Å². The molecule has 278 valence electrons. The van der Waals surface area contributed by atoms with Crippen LogP contribution in [0.4, 0.5) is 0 Å². The summed E-state index contributed by atoms with van der Waals surface area (Å²) in [6, 6.07) is 23.6. The van der Waals surface area contributed by atoms with Crippen molar-refractivity contribution in [3.05, 3.63) is 123 Å². The van der Waals surface area contributed by atoms with E-state index in [9.17, 15) is 40.2 Å². The minimum absolute atomic E-state index is 0.0319. The van der Waals surface area contributed by atoms with E-state index in [0.717, 1.165) is 11.1 Å². The quantitative estimate of drug-likeness (QED) is 0.115. The third-order valence-electron chi connectivity index (χ3n) is 10.8. The Morgan fingerprint density at radius 2 is 1.51 bits per heavy atom. The normalized spacial score (nSPS) is 25.8. The van der Waals surface area contributed by atoms with Gasteiger partial charge in [0, 0.05) is 55.1 Å². The van der Waals surface area contributed by atoms with Gasteiger partial charge in [-0.15, -0.1) is 0 Å². The van der Waals surface area contributed by atoms with Gasteiger partial charge in [0.25, 0.3) is 0 Å². The molecule has 2 aliphatic carbocycles. The largest absolute Gasteiger partial charge is 0.507 e. The molecule has 12 nitrogen and oxygen atoms in total. The molecule has 0 unspecified atom stereocenters. The van der Waals surface area contributed by atoms with E-state index in [-0.39, 0.29) is 40.8 Å². The lowest BCUT2D eigenvalue weighted by Crippen LogP contribution is -2.55. The zero-order valence-corrected chi connectivity index (χ0v) is 29.4. The fraction of sp³-hybridized carbons (Fsp3) is 0.366. The van der Waals surface area contributed by atoms with Gasteiger partial charge in [0.05, 0.1) is 54.3 Å². The standard InChI is InChI=1S/C41H43NO11/c1-22-36(45)27(42(19-23-10-5-3-6-11-23)20-24-12-7-4-8-13-24)16-31(52-22)53-29-18-41(50,30(44)21-43)17-26-33(29)40(49)35-34(38(26)47)37(46)25-14-9-15-28(51-2)32(25)39(35)48/h3-15,22,27,29-31,36,43-45,47,49-50H,16-21H2,1-2H3/t22-,27+,29+,30+,31-,36+,41-/m0/s1. The molecule has 0 spiro atoms. The fourth-order valence-corrected chi connectivity index (χ4v) is 8.07. The van der Waals surface area contributed by atoms with Crippen LogP contribution in [-0.2, 0) is 29.0 Å². The van der Waals surface area contributed by atoms with Crippen molar-refractivity contribution in [2.45, 2.75) is 81.6 Å². The van der Waals surface area contributed by atoms with Crippen LogP contribution >= 0.6 is 0 Å². The number of carbonyl (C=O) groups excluding carboxylic acids is 2. The molecule has 4 aromatic carbocycles. The number of nitrogens with zero attached hydrogens (tertiary/aromatic N) is 1. The fourth-order valence-electron chi connectivity index (χ4n) is 8.07. The van der Waals surface area contributed by atoms with Crippen molar-refractivity contribution < 1.29 is 54.4 Å². The number of hydrogen-bond donors (Lipinski definition) is 6. The van der Waals surface area contributed by atoms with E-state index in [2.05, 4.69) is 4.90 Å². The molecule has 4 aromatic rings. The molecule has 1 heterocycles. The number of phenols is 2. The van der Waals surface area contributed by atoms with Crippen LogP contribution in [0.1, 0.15) is 80.0 Å². The second-order valence-electron chi connectivity index (χ2n) is 14.1. The van der Waals surface area contributed by atoms with Gasteiger partial charge in [-0.2, -0.15) is 0 Å². The van der Waals surface area contributed by atoms with Gasteiger partial charge in [0.2, 0.25) is 5.78 Å². The molecule has 7 rings (SSSR count). The Morgan fingerprint density at radius 1 is 0.887 bits per heavy atom. The zero-order valence-electron chi connectivity index (χ0n) is 29.4. The number of hydrogen-bond acceptors (Lipinski definition) is 12. The number of phenolic OH excluding ortho intramolecular Hbond substituents is 2. The number of carbonyl (C=O) groups is 2. The van der Waals surface area contributed by atoms with E-state index in [4.69, 9.17) is 14.2 Å². The van der Waals surface area contributed by atoms with Crippen LogP contribution in [0, 0.1) is 0 Å². The minimum Gasteiger partial charge on any atom is -0.507 e. The summed E-state index contributed by atoms with van der Waals surface area (Å²) < 4.78 is 18.1. The molecule has 12 heteroatoms. The number of fused-ring (bicyclic) bond motifs is 3. The van der Waals surface area contributed by atoms with Crippen molar-refractivity contribution in [2.24, 2.45) is 0 Å². The summed E-state index contributed by atoms with van der Waals surface area (Å²) in [6.07, 6.45) is -6.44. The van der Waals surface area contributed by atoms with E-state index in [1.54, 1.807) is 6.92 Å². The first-order chi connectivity index (χ1) is 25.4. The Bertz CT molecular complexity index is 1960. The Morgan fingerprint density at radius 3 is 2.11 bits per heavy atom. The number of aliphatic hydroxyl groups is 4. The maximum absolute atomic E-state index is 14.0. The molecule has 7 atom stereocenters. The molecule has 0 radical (unpaired) electrons. The van der Waals surface area contributed by atoms with Crippen molar-refractivity contribution in [3.8, 4) is 17.2 Å². The van der Waals surface area contributed by atoms with Crippen LogP contribution < -0.4 is 4.74 Å². The van der Waals surface area contributed by atoms with Crippen molar-refractivity contribution in [2.75, 3.05) is 13.7 Å².